The molecular weight excluding hydrogens is 353 g/mol. The van der Waals surface area contributed by atoms with Gasteiger partial charge in [0, 0.05) is 24.6 Å². The Morgan fingerprint density at radius 3 is 2.58 bits per heavy atom. The molecule has 26 heavy (non-hydrogen) atoms. The highest BCUT2D eigenvalue weighted by Gasteiger charge is 2.40. The second-order valence-electron chi connectivity index (χ2n) is 6.17. The summed E-state index contributed by atoms with van der Waals surface area (Å²) < 4.78 is 51.8. The normalized spacial score (nSPS) is 21.5. The van der Waals surface area contributed by atoms with Gasteiger partial charge in [0.15, 0.2) is 0 Å². The molecule has 2 heterocycles. The van der Waals surface area contributed by atoms with E-state index in [1.54, 1.807) is 0 Å². The number of rotatable bonds is 3. The monoisotopic (exact) mass is 370 g/mol. The number of carbonyl (C=O) groups is 1. The number of H-pyrrole nitrogens is 1. The van der Waals surface area contributed by atoms with Gasteiger partial charge in [-0.25, -0.2) is 18.0 Å². The van der Waals surface area contributed by atoms with E-state index in [0.717, 1.165) is 12.1 Å². The molecule has 1 aromatic carbocycles. The van der Waals surface area contributed by atoms with Crippen LogP contribution in [-0.2, 0) is 4.74 Å². The van der Waals surface area contributed by atoms with Crippen LogP contribution in [0.15, 0.2) is 33.6 Å². The van der Waals surface area contributed by atoms with Crippen LogP contribution in [0.5, 0.6) is 0 Å². The summed E-state index contributed by atoms with van der Waals surface area (Å²) >= 11 is 0. The first-order valence-electron chi connectivity index (χ1n) is 8.02. The van der Waals surface area contributed by atoms with Gasteiger partial charge in [-0.3, -0.25) is 4.79 Å². The van der Waals surface area contributed by atoms with Gasteiger partial charge >= 0.3 is 6.09 Å². The van der Waals surface area contributed by atoms with Crippen molar-refractivity contribution in [1.82, 2.24) is 10.1 Å². The summed E-state index contributed by atoms with van der Waals surface area (Å²) in [5.41, 5.74) is -0.631. The average molecular weight is 370 g/mol. The number of aromatic amines is 1. The number of aromatic nitrogens is 1. The van der Waals surface area contributed by atoms with Crippen LogP contribution in [0.4, 0.5) is 18.0 Å². The zero-order valence-corrected chi connectivity index (χ0v) is 13.9. The highest BCUT2D eigenvalue weighted by molar-refractivity contribution is 5.68. The second kappa shape index (κ2) is 7.27. The van der Waals surface area contributed by atoms with Crippen molar-refractivity contribution in [3.8, 4) is 0 Å². The van der Waals surface area contributed by atoms with Crippen molar-refractivity contribution in [2.75, 3.05) is 13.7 Å². The number of carbonyl (C=O) groups excluding carboxylic acids is 1. The van der Waals surface area contributed by atoms with Crippen LogP contribution < -0.4 is 5.56 Å². The molecule has 1 aliphatic rings. The fraction of sp³-hybridized carbons (Fsp3) is 0.412. The van der Waals surface area contributed by atoms with Crippen molar-refractivity contribution in [2.45, 2.75) is 31.0 Å². The Morgan fingerprint density at radius 1 is 1.31 bits per heavy atom. The van der Waals surface area contributed by atoms with Crippen molar-refractivity contribution in [1.29, 1.82) is 0 Å². The molecule has 1 saturated heterocycles. The first-order valence-corrected chi connectivity index (χ1v) is 8.02. The first-order chi connectivity index (χ1) is 12.4. The predicted molar refractivity (Wildman–Crippen MR) is 84.4 cm³/mol. The Hall–Kier alpha value is -2.71. The fourth-order valence-electron chi connectivity index (χ4n) is 3.33. The predicted octanol–water partition coefficient (Wildman–Crippen LogP) is 3.27. The third-order valence-corrected chi connectivity index (χ3v) is 4.54. The van der Waals surface area contributed by atoms with Crippen molar-refractivity contribution < 1.29 is 27.2 Å². The topological polar surface area (TPSA) is 75.5 Å². The SMILES string of the molecule is COC(=O)N1CC[C@H](c2cc(=O)[nH]o2)C[C@H]1C(F)c1cc(F)cc(F)c1. The third-order valence-electron chi connectivity index (χ3n) is 4.54. The molecule has 0 spiro atoms. The number of halogens is 3. The standard InChI is InChI=1S/C17H17F3N2O4/c1-25-17(24)22-3-2-9(14-8-15(23)21-26-14)6-13(22)16(20)10-4-11(18)7-12(19)5-10/h4-5,7-9,13,16H,2-3,6H2,1H3,(H,21,23)/t9-,13-,16?/m0/s1. The minimum Gasteiger partial charge on any atom is -0.453 e. The fourth-order valence-corrected chi connectivity index (χ4v) is 3.33. The number of piperidine rings is 1. The summed E-state index contributed by atoms with van der Waals surface area (Å²) in [7, 11) is 1.17. The lowest BCUT2D eigenvalue weighted by molar-refractivity contribution is 0.0480. The summed E-state index contributed by atoms with van der Waals surface area (Å²) in [6, 6.07) is 2.67. The van der Waals surface area contributed by atoms with Crippen LogP contribution in [0.3, 0.4) is 0 Å². The van der Waals surface area contributed by atoms with Crippen molar-refractivity contribution in [3.63, 3.8) is 0 Å². The molecule has 3 rings (SSSR count). The molecule has 1 N–H and O–H groups in total. The maximum atomic E-state index is 15.1. The Balaban J connectivity index is 1.91. The largest absolute Gasteiger partial charge is 0.453 e. The third kappa shape index (κ3) is 3.61. The van der Waals surface area contributed by atoms with Crippen molar-refractivity contribution >= 4 is 6.09 Å². The summed E-state index contributed by atoms with van der Waals surface area (Å²) in [6.07, 6.45) is -2.04. The number of hydrogen-bond donors (Lipinski definition) is 1. The lowest BCUT2D eigenvalue weighted by Gasteiger charge is -2.39. The molecule has 6 nitrogen and oxygen atoms in total. The molecule has 1 aliphatic heterocycles. The van der Waals surface area contributed by atoms with E-state index in [-0.39, 0.29) is 24.4 Å². The molecule has 1 aromatic heterocycles. The lowest BCUT2D eigenvalue weighted by Crippen LogP contribution is -2.47. The smallest absolute Gasteiger partial charge is 0.409 e. The van der Waals surface area contributed by atoms with Gasteiger partial charge in [0.25, 0.3) is 5.56 Å². The summed E-state index contributed by atoms with van der Waals surface area (Å²) in [5, 5.41) is 2.17. The van der Waals surface area contributed by atoms with E-state index in [1.165, 1.54) is 18.1 Å². The van der Waals surface area contributed by atoms with Gasteiger partial charge in [-0.1, -0.05) is 0 Å². The zero-order valence-electron chi connectivity index (χ0n) is 13.9. The summed E-state index contributed by atoms with van der Waals surface area (Å²) in [5.74, 6) is -1.79. The van der Waals surface area contributed by atoms with Gasteiger partial charge in [-0.15, -0.1) is 0 Å². The molecule has 0 radical (unpaired) electrons. The van der Waals surface area contributed by atoms with Crippen LogP contribution in [0.25, 0.3) is 0 Å². The van der Waals surface area contributed by atoms with Gasteiger partial charge in [-0.2, -0.15) is 5.16 Å². The van der Waals surface area contributed by atoms with Crippen LogP contribution in [0.2, 0.25) is 0 Å². The van der Waals surface area contributed by atoms with Crippen LogP contribution in [-0.4, -0.2) is 35.8 Å². The molecule has 2 aromatic rings. The molecule has 140 valence electrons. The van der Waals surface area contributed by atoms with Gasteiger partial charge in [0.05, 0.1) is 13.2 Å². The summed E-state index contributed by atoms with van der Waals surface area (Å²) in [4.78, 5) is 24.5. The lowest BCUT2D eigenvalue weighted by atomic mass is 9.85. The number of likely N-dealkylation sites (tertiary alicyclic amines) is 1. The van der Waals surface area contributed by atoms with E-state index in [4.69, 9.17) is 9.26 Å². The molecule has 9 heteroatoms. The maximum Gasteiger partial charge on any atom is 0.409 e. The van der Waals surface area contributed by atoms with Gasteiger partial charge in [0.2, 0.25) is 0 Å². The van der Waals surface area contributed by atoms with E-state index in [0.29, 0.717) is 18.2 Å². The molecule has 0 saturated carbocycles. The molecule has 1 fully saturated rings. The van der Waals surface area contributed by atoms with Crippen LogP contribution >= 0.6 is 0 Å². The Kier molecular flexibility index (Phi) is 5.06. The molecular formula is C17H17F3N2O4. The van der Waals surface area contributed by atoms with Crippen LogP contribution in [0.1, 0.15) is 36.3 Å². The second-order valence-corrected chi connectivity index (χ2v) is 6.17. The Labute approximate surface area is 146 Å². The number of nitrogens with zero attached hydrogens (tertiary/aromatic N) is 1. The van der Waals surface area contributed by atoms with E-state index in [2.05, 4.69) is 5.16 Å². The van der Waals surface area contributed by atoms with Gasteiger partial charge in [-0.05, 0) is 30.5 Å². The highest BCUT2D eigenvalue weighted by atomic mass is 19.1. The van der Waals surface area contributed by atoms with E-state index >= 15 is 4.39 Å². The van der Waals surface area contributed by atoms with Crippen molar-refractivity contribution in [2.24, 2.45) is 0 Å². The Bertz CT molecular complexity index is 830. The van der Waals surface area contributed by atoms with Gasteiger partial charge < -0.3 is 14.2 Å². The zero-order chi connectivity index (χ0) is 18.8. The van der Waals surface area contributed by atoms with E-state index in [1.807, 2.05) is 0 Å². The summed E-state index contributed by atoms with van der Waals surface area (Å²) in [6.45, 7) is 0.148. The molecule has 0 bridgehead atoms. The molecule has 1 amide bonds. The minimum atomic E-state index is -1.84. The number of alkyl halides is 1. The van der Waals surface area contributed by atoms with E-state index < -0.39 is 35.5 Å². The number of hydrogen-bond acceptors (Lipinski definition) is 4. The molecule has 1 unspecified atom stereocenters. The number of methoxy groups -OCH3 is 1. The highest BCUT2D eigenvalue weighted by Crippen LogP contribution is 2.38. The van der Waals surface area contributed by atoms with Crippen molar-refractivity contribution in [3.05, 3.63) is 57.6 Å². The quantitative estimate of drug-likeness (QED) is 0.900. The Morgan fingerprint density at radius 2 is 2.00 bits per heavy atom. The number of benzene rings is 1. The van der Waals surface area contributed by atoms with Gasteiger partial charge in [0.1, 0.15) is 23.6 Å². The first kappa shape index (κ1) is 18.1. The molecule has 3 atom stereocenters. The van der Waals surface area contributed by atoms with E-state index in [9.17, 15) is 18.4 Å². The number of ether oxygens (including phenoxy) is 1. The maximum absolute atomic E-state index is 15.1. The number of amides is 1. The van der Waals surface area contributed by atoms with Crippen LogP contribution in [0, 0.1) is 11.6 Å². The average Bonchev–Trinajstić information content (AvgIpc) is 3.05. The number of nitrogens with one attached hydrogen (secondary N) is 1. The minimum absolute atomic E-state index is 0.106. The molecule has 0 aliphatic carbocycles.